The maximum atomic E-state index is 13.3. The Bertz CT molecular complexity index is 983. The third-order valence-electron chi connectivity index (χ3n) is 6.19. The van der Waals surface area contributed by atoms with Crippen molar-refractivity contribution in [2.75, 3.05) is 13.1 Å². The summed E-state index contributed by atoms with van der Waals surface area (Å²) in [5.74, 6) is 1.05. The van der Waals surface area contributed by atoms with Crippen LogP contribution in [0.3, 0.4) is 0 Å². The minimum atomic E-state index is -0.0166. The summed E-state index contributed by atoms with van der Waals surface area (Å²) in [6.07, 6.45) is 13.8. The van der Waals surface area contributed by atoms with Gasteiger partial charge in [-0.1, -0.05) is 0 Å². The van der Waals surface area contributed by atoms with Crippen LogP contribution >= 0.6 is 0 Å². The van der Waals surface area contributed by atoms with Crippen molar-refractivity contribution in [1.82, 2.24) is 29.7 Å². The Hall–Kier alpha value is -3.30. The van der Waals surface area contributed by atoms with Crippen LogP contribution in [-0.4, -0.2) is 71.9 Å². The first-order valence-corrected chi connectivity index (χ1v) is 10.9. The van der Waals surface area contributed by atoms with Crippen LogP contribution in [0.1, 0.15) is 48.9 Å². The van der Waals surface area contributed by atoms with Crippen molar-refractivity contribution in [3.63, 3.8) is 0 Å². The van der Waals surface area contributed by atoms with E-state index in [1.165, 1.54) is 0 Å². The Balaban J connectivity index is 1.25. The van der Waals surface area contributed by atoms with E-state index in [1.807, 2.05) is 9.48 Å². The molecular formula is C21H27N8O2+. The highest BCUT2D eigenvalue weighted by atomic mass is 16.2. The molecule has 2 aromatic heterocycles. The molecule has 5 rings (SSSR count). The molecule has 3 fully saturated rings. The Morgan fingerprint density at radius 1 is 1.06 bits per heavy atom. The van der Waals surface area contributed by atoms with Crippen molar-refractivity contribution in [1.29, 1.82) is 0 Å². The van der Waals surface area contributed by atoms with Crippen LogP contribution in [0.25, 0.3) is 5.95 Å². The Morgan fingerprint density at radius 2 is 1.74 bits per heavy atom. The number of carbonyl (C=O) groups excluding carboxylic acids is 2. The first kappa shape index (κ1) is 19.7. The summed E-state index contributed by atoms with van der Waals surface area (Å²) in [6, 6.07) is 0.435. The molecule has 1 aliphatic heterocycles. The molecule has 31 heavy (non-hydrogen) atoms. The minimum absolute atomic E-state index is 0.0166. The van der Waals surface area contributed by atoms with E-state index >= 15 is 0 Å². The fourth-order valence-corrected chi connectivity index (χ4v) is 4.11. The number of amides is 2. The molecule has 10 heteroatoms. The predicted molar refractivity (Wildman–Crippen MR) is 111 cm³/mol. The van der Waals surface area contributed by atoms with E-state index in [4.69, 9.17) is 5.73 Å². The van der Waals surface area contributed by atoms with Crippen LogP contribution in [0.4, 0.5) is 0 Å². The summed E-state index contributed by atoms with van der Waals surface area (Å²) in [7, 11) is 0. The fraction of sp³-hybridized carbons (Fsp3) is 0.524. The zero-order valence-electron chi connectivity index (χ0n) is 17.4. The van der Waals surface area contributed by atoms with E-state index in [2.05, 4.69) is 20.3 Å². The SMILES string of the molecule is NC(NC(=O)C1CC1)=[N+]1CCC(N(C(=O)c2cnc(-n3ccnc3)nc2)C2CC2)CC1. The lowest BCUT2D eigenvalue weighted by atomic mass is 10.0. The zero-order chi connectivity index (χ0) is 21.4. The van der Waals surface area contributed by atoms with Gasteiger partial charge in [0.25, 0.3) is 11.8 Å². The summed E-state index contributed by atoms with van der Waals surface area (Å²) >= 11 is 0. The molecule has 0 bridgehead atoms. The third kappa shape index (κ3) is 4.28. The third-order valence-corrected chi connectivity index (χ3v) is 6.19. The summed E-state index contributed by atoms with van der Waals surface area (Å²) in [5.41, 5.74) is 6.62. The summed E-state index contributed by atoms with van der Waals surface area (Å²) in [4.78, 5) is 39.9. The second kappa shape index (κ2) is 8.09. The lowest BCUT2D eigenvalue weighted by Crippen LogP contribution is -2.51. The fourth-order valence-electron chi connectivity index (χ4n) is 4.11. The topological polar surface area (TPSA) is 122 Å². The molecule has 0 spiro atoms. The number of nitrogens with two attached hydrogens (primary N) is 1. The number of guanidine groups is 1. The molecule has 0 unspecified atom stereocenters. The standard InChI is InChI=1S/C21H26N8O2/c22-20(26-18(30)14-1-2-14)27-8-5-17(6-9-27)29(16-3-4-16)19(31)15-11-24-21(25-12-15)28-10-7-23-13-28/h7,10-14,16-17H,1-6,8-9H2,(H2,22,26,30)/p+1. The molecule has 2 amide bonds. The molecule has 0 atom stereocenters. The van der Waals surface area contributed by atoms with E-state index in [-0.39, 0.29) is 29.8 Å². The predicted octanol–water partition coefficient (Wildman–Crippen LogP) is 0.283. The molecule has 2 aromatic rings. The Morgan fingerprint density at radius 3 is 2.32 bits per heavy atom. The summed E-state index contributed by atoms with van der Waals surface area (Å²) in [5, 5.41) is 2.83. The number of hydrogen-bond donors (Lipinski definition) is 2. The average molecular weight is 424 g/mol. The number of rotatable bonds is 5. The Labute approximate surface area is 180 Å². The smallest absolute Gasteiger partial charge is 0.332 e. The first-order valence-electron chi connectivity index (χ1n) is 10.9. The van der Waals surface area contributed by atoms with Gasteiger partial charge in [-0.3, -0.25) is 24.5 Å². The van der Waals surface area contributed by atoms with E-state index in [1.54, 1.807) is 35.7 Å². The van der Waals surface area contributed by atoms with Gasteiger partial charge in [0.15, 0.2) is 0 Å². The van der Waals surface area contributed by atoms with Crippen molar-refractivity contribution >= 4 is 17.8 Å². The van der Waals surface area contributed by atoms with Crippen molar-refractivity contribution < 1.29 is 14.2 Å². The monoisotopic (exact) mass is 423 g/mol. The molecule has 1 saturated heterocycles. The number of carbonyl (C=O) groups is 2. The van der Waals surface area contributed by atoms with Gasteiger partial charge in [-0.25, -0.2) is 20.3 Å². The zero-order valence-corrected chi connectivity index (χ0v) is 17.4. The van der Waals surface area contributed by atoms with Gasteiger partial charge in [0.1, 0.15) is 6.33 Å². The van der Waals surface area contributed by atoms with Crippen molar-refractivity contribution in [2.45, 2.75) is 50.6 Å². The van der Waals surface area contributed by atoms with Gasteiger partial charge in [-0.15, -0.1) is 0 Å². The highest BCUT2D eigenvalue weighted by Crippen LogP contribution is 2.33. The largest absolute Gasteiger partial charge is 0.350 e. The lowest BCUT2D eigenvalue weighted by molar-refractivity contribution is -0.542. The second-order valence-electron chi connectivity index (χ2n) is 8.55. The van der Waals surface area contributed by atoms with Crippen LogP contribution in [0.15, 0.2) is 31.1 Å². The number of aromatic nitrogens is 4. The molecule has 162 valence electrons. The molecule has 3 N–H and O–H groups in total. The van der Waals surface area contributed by atoms with Gasteiger partial charge < -0.3 is 4.90 Å². The molecule has 0 aromatic carbocycles. The molecule has 10 nitrogen and oxygen atoms in total. The van der Waals surface area contributed by atoms with Crippen molar-refractivity contribution in [2.24, 2.45) is 11.7 Å². The van der Waals surface area contributed by atoms with Gasteiger partial charge in [-0.2, -0.15) is 0 Å². The van der Waals surface area contributed by atoms with Gasteiger partial charge in [0, 0.05) is 36.9 Å². The van der Waals surface area contributed by atoms with Crippen molar-refractivity contribution in [3.05, 3.63) is 36.7 Å². The quantitative estimate of drug-likeness (QED) is 0.526. The molecule has 3 heterocycles. The number of piperidine rings is 1. The van der Waals surface area contributed by atoms with Crippen LogP contribution in [0.5, 0.6) is 0 Å². The Kier molecular flexibility index (Phi) is 5.13. The van der Waals surface area contributed by atoms with Crippen LogP contribution < -0.4 is 11.1 Å². The summed E-state index contributed by atoms with van der Waals surface area (Å²) in [6.45, 7) is 1.43. The number of nitrogens with zero attached hydrogens (tertiary/aromatic N) is 6. The van der Waals surface area contributed by atoms with E-state index in [9.17, 15) is 9.59 Å². The van der Waals surface area contributed by atoms with E-state index in [0.29, 0.717) is 30.6 Å². The van der Waals surface area contributed by atoms with Crippen LogP contribution in [0, 0.1) is 5.92 Å². The maximum absolute atomic E-state index is 13.3. The number of hydrogen-bond acceptors (Lipinski definition) is 5. The maximum Gasteiger partial charge on any atom is 0.350 e. The highest BCUT2D eigenvalue weighted by Gasteiger charge is 2.40. The average Bonchev–Trinajstić information content (AvgIpc) is 3.73. The van der Waals surface area contributed by atoms with Gasteiger partial charge in [0.2, 0.25) is 5.95 Å². The van der Waals surface area contributed by atoms with E-state index in [0.717, 1.165) is 38.5 Å². The number of nitrogens with one attached hydrogen (secondary N) is 1. The van der Waals surface area contributed by atoms with Crippen LogP contribution in [-0.2, 0) is 4.79 Å². The molecule has 2 aliphatic carbocycles. The minimum Gasteiger partial charge on any atom is -0.332 e. The lowest BCUT2D eigenvalue weighted by Gasteiger charge is -2.35. The highest BCUT2D eigenvalue weighted by molar-refractivity contribution is 5.96. The molecular weight excluding hydrogens is 396 g/mol. The normalized spacial score (nSPS) is 20.9. The second-order valence-corrected chi connectivity index (χ2v) is 8.55. The summed E-state index contributed by atoms with van der Waals surface area (Å²) < 4.78 is 3.71. The first-order chi connectivity index (χ1) is 15.1. The van der Waals surface area contributed by atoms with Crippen molar-refractivity contribution in [3.8, 4) is 5.95 Å². The van der Waals surface area contributed by atoms with Gasteiger partial charge >= 0.3 is 5.96 Å². The van der Waals surface area contributed by atoms with Gasteiger partial charge in [0.05, 0.1) is 24.6 Å². The number of imidazole rings is 1. The van der Waals surface area contributed by atoms with Crippen LogP contribution in [0.2, 0.25) is 0 Å². The van der Waals surface area contributed by atoms with E-state index < -0.39 is 0 Å². The molecule has 2 saturated carbocycles. The molecule has 0 radical (unpaired) electrons. The van der Waals surface area contributed by atoms with Gasteiger partial charge in [-0.05, 0) is 38.5 Å². The molecule has 3 aliphatic rings.